The van der Waals surface area contributed by atoms with Gasteiger partial charge in [-0.3, -0.25) is 4.90 Å². The third kappa shape index (κ3) is 2.94. The topological polar surface area (TPSA) is 58.7 Å². The van der Waals surface area contributed by atoms with Crippen LogP contribution in [0.4, 0.5) is 0 Å². The van der Waals surface area contributed by atoms with Crippen LogP contribution < -0.4 is 5.73 Å². The fraction of sp³-hybridized carbons (Fsp3) is 1.00. The number of nitrogens with two attached hydrogens (primary N) is 1. The lowest BCUT2D eigenvalue weighted by Crippen LogP contribution is -2.51. The Morgan fingerprint density at radius 2 is 2.06 bits per heavy atom. The molecule has 94 valence electrons. The molecule has 0 spiro atoms. The first-order valence-corrected chi connectivity index (χ1v) is 6.35. The Morgan fingerprint density at radius 1 is 1.38 bits per heavy atom. The largest absolute Gasteiger partial charge is 0.387 e. The molecule has 0 aromatic carbocycles. The maximum absolute atomic E-state index is 10.5. The van der Waals surface area contributed by atoms with E-state index in [4.69, 9.17) is 10.5 Å². The summed E-state index contributed by atoms with van der Waals surface area (Å²) in [5.74, 6) is 0.432. The van der Waals surface area contributed by atoms with Crippen molar-refractivity contribution >= 4 is 0 Å². The van der Waals surface area contributed by atoms with E-state index in [9.17, 15) is 5.11 Å². The van der Waals surface area contributed by atoms with Crippen LogP contribution in [0.25, 0.3) is 0 Å². The zero-order valence-corrected chi connectivity index (χ0v) is 10.2. The lowest BCUT2D eigenvalue weighted by Gasteiger charge is -2.33. The maximum atomic E-state index is 10.5. The second-order valence-electron chi connectivity index (χ2n) is 5.28. The van der Waals surface area contributed by atoms with Gasteiger partial charge in [0.1, 0.15) is 0 Å². The summed E-state index contributed by atoms with van der Waals surface area (Å²) < 4.78 is 5.12. The summed E-state index contributed by atoms with van der Waals surface area (Å²) in [6.45, 7) is 2.76. The quantitative estimate of drug-likeness (QED) is 0.623. The van der Waals surface area contributed by atoms with Gasteiger partial charge in [0, 0.05) is 32.8 Å². The lowest BCUT2D eigenvalue weighted by atomic mass is 9.97. The van der Waals surface area contributed by atoms with E-state index in [1.54, 1.807) is 7.11 Å². The molecular formula is C12H24N2O2. The fourth-order valence-electron chi connectivity index (χ4n) is 2.37. The highest BCUT2D eigenvalue weighted by Gasteiger charge is 2.45. The van der Waals surface area contributed by atoms with Crippen LogP contribution in [0.2, 0.25) is 0 Å². The van der Waals surface area contributed by atoms with E-state index in [0.29, 0.717) is 18.5 Å². The van der Waals surface area contributed by atoms with Gasteiger partial charge in [0.15, 0.2) is 0 Å². The molecule has 1 atom stereocenters. The van der Waals surface area contributed by atoms with Gasteiger partial charge in [-0.25, -0.2) is 0 Å². The first-order valence-electron chi connectivity index (χ1n) is 6.35. The summed E-state index contributed by atoms with van der Waals surface area (Å²) in [6, 6.07) is 0.659. The molecule has 0 aliphatic heterocycles. The van der Waals surface area contributed by atoms with Gasteiger partial charge in [0.2, 0.25) is 0 Å². The molecule has 4 heteroatoms. The Hall–Kier alpha value is -0.160. The van der Waals surface area contributed by atoms with E-state index in [1.807, 2.05) is 0 Å². The zero-order valence-electron chi connectivity index (χ0n) is 10.2. The molecule has 0 heterocycles. The molecule has 2 aliphatic rings. The van der Waals surface area contributed by atoms with Crippen molar-refractivity contribution in [2.45, 2.75) is 37.3 Å². The zero-order chi connectivity index (χ0) is 11.6. The van der Waals surface area contributed by atoms with E-state index in [-0.39, 0.29) is 0 Å². The number of rotatable bonds is 8. The normalized spacial score (nSPS) is 24.8. The van der Waals surface area contributed by atoms with Gasteiger partial charge in [0.05, 0.1) is 12.2 Å². The Balaban J connectivity index is 1.87. The molecule has 0 saturated heterocycles. The average Bonchev–Trinajstić information content (AvgIpc) is 3.15. The Bertz CT molecular complexity index is 229. The van der Waals surface area contributed by atoms with Crippen molar-refractivity contribution in [2.24, 2.45) is 11.7 Å². The van der Waals surface area contributed by atoms with Gasteiger partial charge < -0.3 is 15.6 Å². The van der Waals surface area contributed by atoms with Crippen LogP contribution in [0.1, 0.15) is 25.7 Å². The smallest absolute Gasteiger partial charge is 0.0923 e. The molecule has 3 N–H and O–H groups in total. The predicted molar refractivity (Wildman–Crippen MR) is 63.2 cm³/mol. The van der Waals surface area contributed by atoms with Crippen molar-refractivity contribution in [1.29, 1.82) is 0 Å². The SMILES string of the molecule is COCCN(CC(O)(CN)C1CC1)C1CC1. The first kappa shape index (κ1) is 12.3. The van der Waals surface area contributed by atoms with Gasteiger partial charge in [-0.2, -0.15) is 0 Å². The van der Waals surface area contributed by atoms with E-state index in [0.717, 1.165) is 32.5 Å². The summed E-state index contributed by atoms with van der Waals surface area (Å²) in [5, 5.41) is 10.5. The van der Waals surface area contributed by atoms with Crippen LogP contribution in [-0.2, 0) is 4.74 Å². The van der Waals surface area contributed by atoms with Crippen molar-refractivity contribution in [3.8, 4) is 0 Å². The van der Waals surface area contributed by atoms with Gasteiger partial charge in [-0.15, -0.1) is 0 Å². The molecule has 2 rings (SSSR count). The first-order chi connectivity index (χ1) is 7.69. The number of hydrogen-bond donors (Lipinski definition) is 2. The van der Waals surface area contributed by atoms with Crippen molar-refractivity contribution in [3.05, 3.63) is 0 Å². The van der Waals surface area contributed by atoms with Crippen LogP contribution in [0.5, 0.6) is 0 Å². The van der Waals surface area contributed by atoms with Crippen LogP contribution in [0.3, 0.4) is 0 Å². The summed E-state index contributed by atoms with van der Waals surface area (Å²) >= 11 is 0. The molecule has 2 fully saturated rings. The highest BCUT2D eigenvalue weighted by atomic mass is 16.5. The molecule has 16 heavy (non-hydrogen) atoms. The summed E-state index contributed by atoms with van der Waals surface area (Å²) in [4.78, 5) is 2.36. The second-order valence-corrected chi connectivity index (χ2v) is 5.28. The lowest BCUT2D eigenvalue weighted by molar-refractivity contribution is -0.0155. The molecule has 0 amide bonds. The molecule has 0 aromatic rings. The summed E-state index contributed by atoms with van der Waals surface area (Å²) in [7, 11) is 1.72. The maximum Gasteiger partial charge on any atom is 0.0923 e. The van der Waals surface area contributed by atoms with Crippen LogP contribution in [-0.4, -0.2) is 55.0 Å². The minimum absolute atomic E-state index is 0.383. The number of hydrogen-bond acceptors (Lipinski definition) is 4. The van der Waals surface area contributed by atoms with Crippen molar-refractivity contribution in [3.63, 3.8) is 0 Å². The van der Waals surface area contributed by atoms with Gasteiger partial charge in [0.25, 0.3) is 0 Å². The Morgan fingerprint density at radius 3 is 2.50 bits per heavy atom. The molecule has 2 aliphatic carbocycles. The Labute approximate surface area is 97.7 Å². The van der Waals surface area contributed by atoms with Crippen molar-refractivity contribution in [1.82, 2.24) is 4.90 Å². The van der Waals surface area contributed by atoms with Crippen LogP contribution in [0.15, 0.2) is 0 Å². The number of aliphatic hydroxyl groups is 1. The highest BCUT2D eigenvalue weighted by Crippen LogP contribution is 2.41. The molecule has 1 unspecified atom stereocenters. The predicted octanol–water partition coefficient (Wildman–Crippen LogP) is 0.197. The fourth-order valence-corrected chi connectivity index (χ4v) is 2.37. The third-order valence-corrected chi connectivity index (χ3v) is 3.81. The molecule has 0 radical (unpaired) electrons. The Kier molecular flexibility index (Phi) is 3.85. The van der Waals surface area contributed by atoms with E-state index in [2.05, 4.69) is 4.90 Å². The molecule has 0 bridgehead atoms. The molecule has 2 saturated carbocycles. The summed E-state index contributed by atoms with van der Waals surface area (Å²) in [6.07, 6.45) is 4.79. The third-order valence-electron chi connectivity index (χ3n) is 3.81. The monoisotopic (exact) mass is 228 g/mol. The molecular weight excluding hydrogens is 204 g/mol. The van der Waals surface area contributed by atoms with E-state index in [1.165, 1.54) is 12.8 Å². The highest BCUT2D eigenvalue weighted by molar-refractivity contribution is 4.99. The second kappa shape index (κ2) is 5.00. The van der Waals surface area contributed by atoms with Crippen molar-refractivity contribution in [2.75, 3.05) is 33.4 Å². The van der Waals surface area contributed by atoms with Crippen LogP contribution >= 0.6 is 0 Å². The molecule has 4 nitrogen and oxygen atoms in total. The number of nitrogens with zero attached hydrogens (tertiary/aromatic N) is 1. The number of ether oxygens (including phenoxy) is 1. The minimum atomic E-state index is -0.656. The van der Waals surface area contributed by atoms with Crippen LogP contribution in [0, 0.1) is 5.92 Å². The van der Waals surface area contributed by atoms with Crippen molar-refractivity contribution < 1.29 is 9.84 Å². The van der Waals surface area contributed by atoms with Gasteiger partial charge >= 0.3 is 0 Å². The molecule has 0 aromatic heterocycles. The standard InChI is InChI=1S/C12H24N2O2/c1-16-7-6-14(11-4-5-11)9-12(15,8-13)10-2-3-10/h10-11,15H,2-9,13H2,1H3. The van der Waals surface area contributed by atoms with Gasteiger partial charge in [-0.05, 0) is 31.6 Å². The number of methoxy groups -OCH3 is 1. The van der Waals surface area contributed by atoms with E-state index < -0.39 is 5.60 Å². The average molecular weight is 228 g/mol. The van der Waals surface area contributed by atoms with E-state index >= 15 is 0 Å². The summed E-state index contributed by atoms with van der Waals surface area (Å²) in [5.41, 5.74) is 5.08. The minimum Gasteiger partial charge on any atom is -0.387 e. The van der Waals surface area contributed by atoms with Gasteiger partial charge in [-0.1, -0.05) is 0 Å².